The number of hydrogen-bond acceptors (Lipinski definition) is 0. The summed E-state index contributed by atoms with van der Waals surface area (Å²) in [5, 5.41) is 2.57. The van der Waals surface area contributed by atoms with Crippen LogP contribution in [-0.4, -0.2) is 27.5 Å². The van der Waals surface area contributed by atoms with Gasteiger partial charge >= 0.3 is 134 Å². The van der Waals surface area contributed by atoms with E-state index in [1.54, 1.807) is 0 Å². The maximum atomic E-state index is 4.87. The van der Waals surface area contributed by atoms with E-state index in [1.165, 1.54) is 25.4 Å². The molecular weight excluding hydrogens is 372 g/mol. The van der Waals surface area contributed by atoms with Gasteiger partial charge in [0.05, 0.1) is 0 Å². The molecule has 0 atom stereocenters. The zero-order valence-corrected chi connectivity index (χ0v) is 13.7. The predicted octanol–water partition coefficient (Wildman–Crippen LogP) is 3.56. The van der Waals surface area contributed by atoms with Crippen LogP contribution in [0.5, 0.6) is 0 Å². The zero-order chi connectivity index (χ0) is 14.1. The third-order valence-corrected chi connectivity index (χ3v) is 6.03. The summed E-state index contributed by atoms with van der Waals surface area (Å²) in [6, 6.07) is 25.6. The summed E-state index contributed by atoms with van der Waals surface area (Å²) in [6.45, 7) is 0. The van der Waals surface area contributed by atoms with Gasteiger partial charge in [-0.15, -0.1) is 0 Å². The van der Waals surface area contributed by atoms with Gasteiger partial charge in [-0.25, -0.2) is 0 Å². The molecule has 4 rings (SSSR count). The van der Waals surface area contributed by atoms with E-state index in [2.05, 4.69) is 78.9 Å². The summed E-state index contributed by atoms with van der Waals surface area (Å²) in [6.07, 6.45) is 2.28. The minimum absolute atomic E-state index is 0.465. The van der Waals surface area contributed by atoms with Crippen molar-refractivity contribution < 1.29 is 3.10 Å². The van der Waals surface area contributed by atoms with E-state index >= 15 is 0 Å². The van der Waals surface area contributed by atoms with Crippen LogP contribution >= 0.6 is 0 Å². The Morgan fingerprint density at radius 3 is 2.38 bits per heavy atom. The van der Waals surface area contributed by atoms with Crippen molar-refractivity contribution in [1.82, 2.24) is 0 Å². The van der Waals surface area contributed by atoms with Gasteiger partial charge in [-0.05, 0) is 0 Å². The number of benzene rings is 3. The van der Waals surface area contributed by atoms with Crippen molar-refractivity contribution in [2.24, 2.45) is 0 Å². The molecule has 0 saturated carbocycles. The van der Waals surface area contributed by atoms with Crippen molar-refractivity contribution in [1.29, 1.82) is 0 Å². The normalized spacial score (nSPS) is 13.7. The fourth-order valence-corrected chi connectivity index (χ4v) is 4.74. The fraction of sp³-hybridized carbons (Fsp3) is 0. The summed E-state index contributed by atoms with van der Waals surface area (Å²) in [5.74, 6) is 1.15. The summed E-state index contributed by atoms with van der Waals surface area (Å²) >= 11 is -0.465. The van der Waals surface area contributed by atoms with Gasteiger partial charge in [-0.1, -0.05) is 0 Å². The molecule has 1 aliphatic heterocycles. The van der Waals surface area contributed by atoms with Crippen LogP contribution in [0.25, 0.3) is 16.5 Å². The Balaban J connectivity index is 1.78. The number of hydrogen-bond donors (Lipinski definition) is 0. The molecule has 0 aliphatic carbocycles. The Bertz CT molecular complexity index is 858. The molecule has 3 aromatic rings. The van der Waals surface area contributed by atoms with Gasteiger partial charge in [-0.2, -0.15) is 0 Å². The Labute approximate surface area is 134 Å². The van der Waals surface area contributed by atoms with Gasteiger partial charge < -0.3 is 0 Å². The summed E-state index contributed by atoms with van der Waals surface area (Å²) in [5.41, 5.74) is 2.57. The van der Waals surface area contributed by atoms with Crippen LogP contribution in [0, 0.1) is 0 Å². The van der Waals surface area contributed by atoms with Gasteiger partial charge in [0.15, 0.2) is 0 Å². The Hall–Kier alpha value is -1.88. The molecule has 1 nitrogen and oxygen atoms in total. The van der Waals surface area contributed by atoms with E-state index < -0.39 is 20.9 Å². The predicted molar refractivity (Wildman–Crippen MR) is 90.4 cm³/mol. The first-order valence-corrected chi connectivity index (χ1v) is 9.13. The molecule has 0 amide bonds. The standard InChI is InChI=1S/C19H14OTe/c1-2-8-15(9-3-1)19-13-18(20-21-19)17-12-6-10-14-7-4-5-11-16(14)17/h1-13,20H/q+1. The van der Waals surface area contributed by atoms with Gasteiger partial charge in [0.25, 0.3) is 0 Å². The second-order valence-corrected chi connectivity index (χ2v) is 7.27. The third-order valence-electron chi connectivity index (χ3n) is 3.63. The number of fused-ring (bicyclic) bond motifs is 1. The van der Waals surface area contributed by atoms with Crippen molar-refractivity contribution >= 4 is 40.9 Å². The van der Waals surface area contributed by atoms with Crippen LogP contribution in [0.3, 0.4) is 0 Å². The molecule has 101 valence electrons. The monoisotopic (exact) mass is 388 g/mol. The van der Waals surface area contributed by atoms with Crippen molar-refractivity contribution in [2.45, 2.75) is 0 Å². The molecule has 1 N–H and O–H groups in total. The van der Waals surface area contributed by atoms with Gasteiger partial charge in [0, 0.05) is 0 Å². The molecule has 1 aliphatic rings. The van der Waals surface area contributed by atoms with Crippen LogP contribution in [0.4, 0.5) is 0 Å². The van der Waals surface area contributed by atoms with Crippen LogP contribution in [0.1, 0.15) is 11.1 Å². The molecule has 0 unspecified atom stereocenters. The van der Waals surface area contributed by atoms with Gasteiger partial charge in [0.1, 0.15) is 0 Å². The maximum absolute atomic E-state index is 4.87. The summed E-state index contributed by atoms with van der Waals surface area (Å²) < 4.78 is 6.29. The zero-order valence-electron chi connectivity index (χ0n) is 11.4. The molecule has 0 bridgehead atoms. The van der Waals surface area contributed by atoms with Crippen LogP contribution in [0.15, 0.2) is 78.9 Å². The molecular formula is C19H14OTe+. The van der Waals surface area contributed by atoms with Crippen LogP contribution in [0.2, 0.25) is 0 Å². The third kappa shape index (κ3) is 2.42. The summed E-state index contributed by atoms with van der Waals surface area (Å²) in [7, 11) is 0. The molecule has 0 spiro atoms. The van der Waals surface area contributed by atoms with E-state index in [9.17, 15) is 0 Å². The van der Waals surface area contributed by atoms with Crippen molar-refractivity contribution in [3.8, 4) is 0 Å². The van der Waals surface area contributed by atoms with Gasteiger partial charge in [-0.3, -0.25) is 0 Å². The second-order valence-electron chi connectivity index (χ2n) is 4.97. The van der Waals surface area contributed by atoms with E-state index in [0.717, 1.165) is 5.76 Å². The average Bonchev–Trinajstić information content (AvgIpc) is 3.05. The Morgan fingerprint density at radius 1 is 0.714 bits per heavy atom. The molecule has 3 aromatic carbocycles. The van der Waals surface area contributed by atoms with Crippen molar-refractivity contribution in [3.05, 3.63) is 90.0 Å². The molecule has 1 radical (unpaired) electrons. The first-order valence-electron chi connectivity index (χ1n) is 6.92. The van der Waals surface area contributed by atoms with Crippen LogP contribution < -0.4 is 0 Å². The molecule has 0 fully saturated rings. The summed E-state index contributed by atoms with van der Waals surface area (Å²) in [4.78, 5) is 0. The van der Waals surface area contributed by atoms with Gasteiger partial charge in [0.2, 0.25) is 0 Å². The average molecular weight is 386 g/mol. The molecule has 2 heteroatoms. The number of allylic oxidation sites excluding steroid dienone is 1. The molecule has 0 saturated heterocycles. The van der Waals surface area contributed by atoms with Crippen LogP contribution in [-0.2, 0) is 0 Å². The fourth-order valence-electron chi connectivity index (χ4n) is 2.59. The second kappa shape index (κ2) is 5.48. The van der Waals surface area contributed by atoms with E-state index in [-0.39, 0.29) is 0 Å². The topological polar surface area (TPSA) is 12.8 Å². The van der Waals surface area contributed by atoms with E-state index in [0.29, 0.717) is 0 Å². The molecule has 21 heavy (non-hydrogen) atoms. The number of rotatable bonds is 2. The Morgan fingerprint density at radius 2 is 1.48 bits per heavy atom. The first kappa shape index (κ1) is 12.8. The van der Waals surface area contributed by atoms with Crippen molar-refractivity contribution in [2.75, 3.05) is 0 Å². The molecule has 1 heterocycles. The van der Waals surface area contributed by atoms with Crippen molar-refractivity contribution in [3.63, 3.8) is 0 Å². The molecule has 0 aromatic heterocycles. The SMILES string of the molecule is C1=C(c2cccc3ccccc23)[OH+][Te]=C1c1ccccc1. The minimum atomic E-state index is -0.465. The number of aliphatic hydroxyl groups is 1. The first-order chi connectivity index (χ1) is 10.4. The Kier molecular flexibility index (Phi) is 3.35. The quantitative estimate of drug-likeness (QED) is 0.472. The van der Waals surface area contributed by atoms with E-state index in [4.69, 9.17) is 3.10 Å². The van der Waals surface area contributed by atoms with E-state index in [1.807, 2.05) is 0 Å².